The Morgan fingerprint density at radius 3 is 2.81 bits per heavy atom. The van der Waals surface area contributed by atoms with E-state index in [2.05, 4.69) is 39.7 Å². The molecule has 0 unspecified atom stereocenters. The number of aromatic nitrogens is 3. The Bertz CT molecular complexity index is 912. The van der Waals surface area contributed by atoms with Gasteiger partial charge in [0.1, 0.15) is 0 Å². The van der Waals surface area contributed by atoms with Gasteiger partial charge < -0.3 is 9.64 Å². The summed E-state index contributed by atoms with van der Waals surface area (Å²) in [5, 5.41) is 13.3. The summed E-state index contributed by atoms with van der Waals surface area (Å²) in [5.74, 6) is 0.278. The molecule has 1 heterocycles. The normalized spacial score (nSPS) is 13.9. The van der Waals surface area contributed by atoms with Gasteiger partial charge in [-0.2, -0.15) is 15.4 Å². The summed E-state index contributed by atoms with van der Waals surface area (Å²) in [6, 6.07) is 14.4. The number of nitrogens with zero attached hydrogens (tertiary/aromatic N) is 3. The number of carbonyl (C=O) groups excluding carboxylic acids is 1. The van der Waals surface area contributed by atoms with E-state index in [1.165, 1.54) is 5.39 Å². The lowest BCUT2D eigenvalue weighted by Gasteiger charge is -2.22. The highest BCUT2D eigenvalue weighted by atomic mass is 16.5. The van der Waals surface area contributed by atoms with Crippen LogP contribution in [0.1, 0.15) is 40.5 Å². The van der Waals surface area contributed by atoms with Gasteiger partial charge in [-0.05, 0) is 29.2 Å². The molecule has 2 aromatic carbocycles. The monoisotopic (exact) mass is 350 g/mol. The first-order chi connectivity index (χ1) is 12.8. The molecule has 0 atom stereocenters. The zero-order valence-corrected chi connectivity index (χ0v) is 14.8. The fourth-order valence-corrected chi connectivity index (χ4v) is 3.28. The van der Waals surface area contributed by atoms with E-state index in [-0.39, 0.29) is 5.91 Å². The van der Waals surface area contributed by atoms with Crippen molar-refractivity contribution in [1.29, 1.82) is 0 Å². The molecule has 1 saturated carbocycles. The number of rotatable bonds is 7. The quantitative estimate of drug-likeness (QED) is 0.711. The van der Waals surface area contributed by atoms with E-state index in [0.717, 1.165) is 29.5 Å². The molecule has 0 spiro atoms. The van der Waals surface area contributed by atoms with E-state index in [1.807, 2.05) is 18.2 Å². The van der Waals surface area contributed by atoms with Crippen molar-refractivity contribution in [3.05, 3.63) is 59.4 Å². The first-order valence-electron chi connectivity index (χ1n) is 8.93. The molecule has 6 heteroatoms. The van der Waals surface area contributed by atoms with Gasteiger partial charge in [0, 0.05) is 26.1 Å². The lowest BCUT2D eigenvalue weighted by molar-refractivity contribution is 0.0674. The van der Waals surface area contributed by atoms with Crippen LogP contribution in [0.25, 0.3) is 10.8 Å². The Labute approximate surface area is 152 Å². The maximum Gasteiger partial charge on any atom is 0.276 e. The van der Waals surface area contributed by atoms with Gasteiger partial charge in [-0.25, -0.2) is 0 Å². The summed E-state index contributed by atoms with van der Waals surface area (Å²) >= 11 is 0. The van der Waals surface area contributed by atoms with Crippen LogP contribution < -0.4 is 0 Å². The van der Waals surface area contributed by atoms with Crippen LogP contribution in [-0.4, -0.2) is 46.5 Å². The fourth-order valence-electron chi connectivity index (χ4n) is 3.28. The molecule has 26 heavy (non-hydrogen) atoms. The molecular formula is C20H22N4O2. The van der Waals surface area contributed by atoms with Crippen LogP contribution >= 0.6 is 0 Å². The Balaban J connectivity index is 1.64. The van der Waals surface area contributed by atoms with Crippen LogP contribution in [0, 0.1) is 0 Å². The molecule has 0 radical (unpaired) electrons. The van der Waals surface area contributed by atoms with Crippen molar-refractivity contribution in [2.75, 3.05) is 20.3 Å². The molecule has 4 rings (SSSR count). The van der Waals surface area contributed by atoms with E-state index in [9.17, 15) is 4.79 Å². The molecule has 134 valence electrons. The van der Waals surface area contributed by atoms with Crippen LogP contribution in [0.15, 0.2) is 42.5 Å². The number of H-pyrrole nitrogens is 1. The van der Waals surface area contributed by atoms with Crippen molar-refractivity contribution in [2.45, 2.75) is 25.3 Å². The minimum atomic E-state index is -0.0920. The predicted octanol–water partition coefficient (Wildman–Crippen LogP) is 3.12. The predicted molar refractivity (Wildman–Crippen MR) is 98.9 cm³/mol. The highest BCUT2D eigenvalue weighted by Crippen LogP contribution is 2.40. The third kappa shape index (κ3) is 3.32. The van der Waals surface area contributed by atoms with Crippen LogP contribution in [-0.2, 0) is 11.3 Å². The maximum atomic E-state index is 13.2. The Hall–Kier alpha value is -2.73. The van der Waals surface area contributed by atoms with Crippen molar-refractivity contribution in [2.24, 2.45) is 0 Å². The van der Waals surface area contributed by atoms with E-state index in [0.29, 0.717) is 31.3 Å². The van der Waals surface area contributed by atoms with Crippen molar-refractivity contribution in [1.82, 2.24) is 20.3 Å². The van der Waals surface area contributed by atoms with Crippen molar-refractivity contribution in [3.8, 4) is 0 Å². The summed E-state index contributed by atoms with van der Waals surface area (Å²) in [5.41, 5.74) is 2.36. The van der Waals surface area contributed by atoms with Crippen molar-refractivity contribution in [3.63, 3.8) is 0 Å². The van der Waals surface area contributed by atoms with E-state index in [1.54, 1.807) is 12.0 Å². The number of amides is 1. The number of methoxy groups -OCH3 is 1. The second-order valence-corrected chi connectivity index (χ2v) is 6.69. The molecule has 1 fully saturated rings. The Kier molecular flexibility index (Phi) is 4.67. The second-order valence-electron chi connectivity index (χ2n) is 6.69. The fraction of sp³-hybridized carbons (Fsp3) is 0.350. The molecule has 0 aliphatic heterocycles. The number of aromatic amines is 1. The highest BCUT2D eigenvalue weighted by molar-refractivity contribution is 5.94. The molecule has 0 bridgehead atoms. The number of benzene rings is 2. The summed E-state index contributed by atoms with van der Waals surface area (Å²) < 4.78 is 5.22. The zero-order valence-electron chi connectivity index (χ0n) is 14.8. The molecule has 1 aromatic heterocycles. The zero-order chi connectivity index (χ0) is 17.9. The second kappa shape index (κ2) is 7.25. The van der Waals surface area contributed by atoms with Gasteiger partial charge in [-0.1, -0.05) is 42.5 Å². The largest absolute Gasteiger partial charge is 0.383 e. The third-order valence-electron chi connectivity index (χ3n) is 4.84. The summed E-state index contributed by atoms with van der Waals surface area (Å²) in [7, 11) is 1.65. The minimum Gasteiger partial charge on any atom is -0.383 e. The number of fused-ring (bicyclic) bond motifs is 1. The van der Waals surface area contributed by atoms with Gasteiger partial charge in [0.25, 0.3) is 5.91 Å². The van der Waals surface area contributed by atoms with Gasteiger partial charge in [-0.3, -0.25) is 4.79 Å². The summed E-state index contributed by atoms with van der Waals surface area (Å²) in [4.78, 5) is 15.0. The summed E-state index contributed by atoms with van der Waals surface area (Å²) in [6.45, 7) is 1.50. The minimum absolute atomic E-state index is 0.0920. The molecule has 1 N–H and O–H groups in total. The highest BCUT2D eigenvalue weighted by Gasteiger charge is 2.33. The van der Waals surface area contributed by atoms with Gasteiger partial charge in [0.2, 0.25) is 0 Å². The first kappa shape index (κ1) is 16.7. The SMILES string of the molecule is COCCN(Cc1cccc2ccccc12)C(=O)c1n[nH]nc1C1CC1. The van der Waals surface area contributed by atoms with E-state index >= 15 is 0 Å². The Morgan fingerprint density at radius 1 is 1.19 bits per heavy atom. The van der Waals surface area contributed by atoms with Crippen molar-refractivity contribution < 1.29 is 9.53 Å². The number of carbonyl (C=O) groups is 1. The van der Waals surface area contributed by atoms with Crippen molar-refractivity contribution >= 4 is 16.7 Å². The smallest absolute Gasteiger partial charge is 0.276 e. The number of hydrogen-bond acceptors (Lipinski definition) is 4. The third-order valence-corrected chi connectivity index (χ3v) is 4.84. The van der Waals surface area contributed by atoms with Gasteiger partial charge in [0.15, 0.2) is 5.69 Å². The lowest BCUT2D eigenvalue weighted by atomic mass is 10.0. The first-order valence-corrected chi connectivity index (χ1v) is 8.93. The molecule has 0 saturated heterocycles. The summed E-state index contributed by atoms with van der Waals surface area (Å²) in [6.07, 6.45) is 2.16. The average molecular weight is 350 g/mol. The molecule has 1 amide bonds. The average Bonchev–Trinajstić information content (AvgIpc) is 3.41. The topological polar surface area (TPSA) is 71.1 Å². The van der Waals surface area contributed by atoms with Gasteiger partial charge >= 0.3 is 0 Å². The van der Waals surface area contributed by atoms with E-state index in [4.69, 9.17) is 4.74 Å². The van der Waals surface area contributed by atoms with Gasteiger partial charge in [0.05, 0.1) is 12.3 Å². The standard InChI is InChI=1S/C20H22N4O2/c1-26-12-11-24(20(25)19-18(15-9-10-15)21-23-22-19)13-16-7-4-6-14-5-2-3-8-17(14)16/h2-8,15H,9-13H2,1H3,(H,21,22,23). The molecule has 6 nitrogen and oxygen atoms in total. The van der Waals surface area contributed by atoms with Crippen LogP contribution in [0.5, 0.6) is 0 Å². The maximum absolute atomic E-state index is 13.2. The Morgan fingerprint density at radius 2 is 2.00 bits per heavy atom. The molecule has 1 aliphatic rings. The molecular weight excluding hydrogens is 328 g/mol. The van der Waals surface area contributed by atoms with E-state index < -0.39 is 0 Å². The number of hydrogen-bond donors (Lipinski definition) is 1. The molecule has 1 aliphatic carbocycles. The van der Waals surface area contributed by atoms with Gasteiger partial charge in [-0.15, -0.1) is 0 Å². The number of nitrogens with one attached hydrogen (secondary N) is 1. The van der Waals surface area contributed by atoms with Crippen LogP contribution in [0.4, 0.5) is 0 Å². The van der Waals surface area contributed by atoms with Crippen LogP contribution in [0.2, 0.25) is 0 Å². The lowest BCUT2D eigenvalue weighted by Crippen LogP contribution is -2.34. The number of ether oxygens (including phenoxy) is 1. The molecule has 3 aromatic rings. The van der Waals surface area contributed by atoms with Crippen LogP contribution in [0.3, 0.4) is 0 Å².